The second-order valence-corrected chi connectivity index (χ2v) is 5.28. The molecule has 108 valence electrons. The van der Waals surface area contributed by atoms with Gasteiger partial charge in [0.25, 0.3) is 0 Å². The van der Waals surface area contributed by atoms with Gasteiger partial charge >= 0.3 is 0 Å². The van der Waals surface area contributed by atoms with Crippen LogP contribution in [0.5, 0.6) is 0 Å². The van der Waals surface area contributed by atoms with Crippen molar-refractivity contribution in [3.05, 3.63) is 35.4 Å². The average molecular weight is 264 g/mol. The second-order valence-electron chi connectivity index (χ2n) is 5.28. The van der Waals surface area contributed by atoms with E-state index >= 15 is 0 Å². The third-order valence-electron chi connectivity index (χ3n) is 3.64. The van der Waals surface area contributed by atoms with Crippen LogP contribution in [0.3, 0.4) is 0 Å². The maximum absolute atomic E-state index is 9.98. The summed E-state index contributed by atoms with van der Waals surface area (Å²) in [4.78, 5) is 0. The highest BCUT2D eigenvalue weighted by atomic mass is 16.3. The molecule has 0 heterocycles. The van der Waals surface area contributed by atoms with Crippen LogP contribution in [0.25, 0.3) is 0 Å². The zero-order chi connectivity index (χ0) is 13.9. The van der Waals surface area contributed by atoms with Gasteiger partial charge in [0.15, 0.2) is 0 Å². The Hall–Kier alpha value is -0.860. The average Bonchev–Trinajstić information content (AvgIpc) is 2.43. The molecule has 0 aromatic heterocycles. The molecule has 2 heteroatoms. The quantitative estimate of drug-likeness (QED) is 0.635. The summed E-state index contributed by atoms with van der Waals surface area (Å²) in [5, 5.41) is 19.0. The van der Waals surface area contributed by atoms with Crippen molar-refractivity contribution >= 4 is 0 Å². The topological polar surface area (TPSA) is 40.5 Å². The lowest BCUT2D eigenvalue weighted by molar-refractivity contribution is 0.151. The largest absolute Gasteiger partial charge is 0.396 e. The molecule has 0 aliphatic carbocycles. The van der Waals surface area contributed by atoms with Crippen LogP contribution in [-0.2, 0) is 12.8 Å². The number of aryl methyl sites for hydroxylation is 1. The molecule has 1 atom stereocenters. The molecule has 0 fully saturated rings. The first-order chi connectivity index (χ1) is 9.27. The van der Waals surface area contributed by atoms with Gasteiger partial charge < -0.3 is 10.2 Å². The molecular weight excluding hydrogens is 236 g/mol. The van der Waals surface area contributed by atoms with Crippen molar-refractivity contribution in [3.8, 4) is 0 Å². The molecule has 1 rings (SSSR count). The van der Waals surface area contributed by atoms with Crippen LogP contribution in [-0.4, -0.2) is 22.9 Å². The molecule has 2 nitrogen and oxygen atoms in total. The molecule has 1 aromatic carbocycles. The minimum Gasteiger partial charge on any atom is -0.396 e. The molecule has 0 aliphatic heterocycles. The van der Waals surface area contributed by atoms with Crippen molar-refractivity contribution in [1.82, 2.24) is 0 Å². The molecule has 0 spiro atoms. The van der Waals surface area contributed by atoms with Gasteiger partial charge in [-0.2, -0.15) is 0 Å². The molecule has 0 radical (unpaired) electrons. The summed E-state index contributed by atoms with van der Waals surface area (Å²) in [6.07, 6.45) is 8.06. The Balaban J connectivity index is 2.31. The van der Waals surface area contributed by atoms with E-state index in [9.17, 15) is 5.11 Å². The number of aliphatic hydroxyl groups excluding tert-OH is 2. The standard InChI is InChI=1S/C17H28O2/c1-2-3-4-5-10-17(19)12-11-15-8-6-7-9-16(15)13-14-18/h6-9,17-19H,2-5,10-14H2,1H3. The van der Waals surface area contributed by atoms with Crippen LogP contribution in [0.4, 0.5) is 0 Å². The fourth-order valence-corrected chi connectivity index (χ4v) is 2.44. The van der Waals surface area contributed by atoms with E-state index in [-0.39, 0.29) is 12.7 Å². The van der Waals surface area contributed by atoms with E-state index in [2.05, 4.69) is 19.1 Å². The number of aliphatic hydroxyl groups is 2. The summed E-state index contributed by atoms with van der Waals surface area (Å²) < 4.78 is 0. The van der Waals surface area contributed by atoms with Crippen molar-refractivity contribution in [3.63, 3.8) is 0 Å². The second kappa shape index (κ2) is 9.99. The van der Waals surface area contributed by atoms with Gasteiger partial charge in [0, 0.05) is 6.61 Å². The predicted octanol–water partition coefficient (Wildman–Crippen LogP) is 3.49. The van der Waals surface area contributed by atoms with Crippen LogP contribution in [0.2, 0.25) is 0 Å². The molecule has 0 aliphatic rings. The molecular formula is C17H28O2. The van der Waals surface area contributed by atoms with Crippen LogP contribution in [0, 0.1) is 0 Å². The van der Waals surface area contributed by atoms with Gasteiger partial charge in [-0.25, -0.2) is 0 Å². The first-order valence-corrected chi connectivity index (χ1v) is 7.63. The van der Waals surface area contributed by atoms with Crippen molar-refractivity contribution in [1.29, 1.82) is 0 Å². The van der Waals surface area contributed by atoms with Gasteiger partial charge in [0.2, 0.25) is 0 Å². The zero-order valence-electron chi connectivity index (χ0n) is 12.1. The predicted molar refractivity (Wildman–Crippen MR) is 80.3 cm³/mol. The van der Waals surface area contributed by atoms with E-state index in [0.717, 1.165) is 25.7 Å². The summed E-state index contributed by atoms with van der Waals surface area (Å²) >= 11 is 0. The third kappa shape index (κ3) is 6.74. The fraction of sp³-hybridized carbons (Fsp3) is 0.647. The van der Waals surface area contributed by atoms with Gasteiger partial charge in [0.05, 0.1) is 6.10 Å². The highest BCUT2D eigenvalue weighted by Crippen LogP contribution is 2.15. The Bertz CT molecular complexity index is 336. The summed E-state index contributed by atoms with van der Waals surface area (Å²) in [5.41, 5.74) is 2.48. The van der Waals surface area contributed by atoms with E-state index in [1.807, 2.05) is 12.1 Å². The van der Waals surface area contributed by atoms with E-state index in [4.69, 9.17) is 5.11 Å². The van der Waals surface area contributed by atoms with Crippen LogP contribution >= 0.6 is 0 Å². The van der Waals surface area contributed by atoms with Gasteiger partial charge in [-0.3, -0.25) is 0 Å². The number of unbranched alkanes of at least 4 members (excludes halogenated alkanes) is 3. The van der Waals surface area contributed by atoms with Crippen LogP contribution < -0.4 is 0 Å². The zero-order valence-corrected chi connectivity index (χ0v) is 12.1. The van der Waals surface area contributed by atoms with Crippen molar-refractivity contribution in [2.24, 2.45) is 0 Å². The number of hydrogen-bond acceptors (Lipinski definition) is 2. The Morgan fingerprint density at radius 2 is 1.63 bits per heavy atom. The molecule has 0 bridgehead atoms. The Kier molecular flexibility index (Phi) is 8.52. The first-order valence-electron chi connectivity index (χ1n) is 7.63. The van der Waals surface area contributed by atoms with Gasteiger partial charge in [-0.1, -0.05) is 56.9 Å². The lowest BCUT2D eigenvalue weighted by atomic mass is 9.97. The molecule has 0 saturated carbocycles. The Labute approximate surface area is 117 Å². The highest BCUT2D eigenvalue weighted by molar-refractivity contribution is 5.27. The third-order valence-corrected chi connectivity index (χ3v) is 3.64. The summed E-state index contributed by atoms with van der Waals surface area (Å²) in [6, 6.07) is 8.22. The first kappa shape index (κ1) is 16.2. The smallest absolute Gasteiger partial charge is 0.0543 e. The maximum atomic E-state index is 9.98. The normalized spacial score (nSPS) is 12.6. The molecule has 1 unspecified atom stereocenters. The van der Waals surface area contributed by atoms with Crippen LogP contribution in [0.1, 0.15) is 56.6 Å². The molecule has 19 heavy (non-hydrogen) atoms. The van der Waals surface area contributed by atoms with Gasteiger partial charge in [-0.15, -0.1) is 0 Å². The number of hydrogen-bond donors (Lipinski definition) is 2. The van der Waals surface area contributed by atoms with E-state index in [1.54, 1.807) is 0 Å². The number of benzene rings is 1. The van der Waals surface area contributed by atoms with E-state index in [1.165, 1.54) is 30.4 Å². The highest BCUT2D eigenvalue weighted by Gasteiger charge is 2.07. The van der Waals surface area contributed by atoms with Crippen LogP contribution in [0.15, 0.2) is 24.3 Å². The fourth-order valence-electron chi connectivity index (χ4n) is 2.44. The Morgan fingerprint density at radius 1 is 0.947 bits per heavy atom. The van der Waals surface area contributed by atoms with Crippen molar-refractivity contribution in [2.45, 2.75) is 64.4 Å². The van der Waals surface area contributed by atoms with Crippen molar-refractivity contribution in [2.75, 3.05) is 6.61 Å². The van der Waals surface area contributed by atoms with Crippen molar-refractivity contribution < 1.29 is 10.2 Å². The molecule has 2 N–H and O–H groups in total. The van der Waals surface area contributed by atoms with Gasteiger partial charge in [-0.05, 0) is 36.8 Å². The SMILES string of the molecule is CCCCCCC(O)CCc1ccccc1CCO. The van der Waals surface area contributed by atoms with E-state index in [0.29, 0.717) is 6.42 Å². The minimum atomic E-state index is -0.181. The monoisotopic (exact) mass is 264 g/mol. The Morgan fingerprint density at radius 3 is 2.26 bits per heavy atom. The van der Waals surface area contributed by atoms with E-state index < -0.39 is 0 Å². The number of rotatable bonds is 10. The molecule has 0 saturated heterocycles. The maximum Gasteiger partial charge on any atom is 0.0543 e. The minimum absolute atomic E-state index is 0.181. The lowest BCUT2D eigenvalue weighted by Crippen LogP contribution is -2.09. The molecule has 0 amide bonds. The summed E-state index contributed by atoms with van der Waals surface area (Å²) in [6.45, 7) is 2.39. The van der Waals surface area contributed by atoms with Gasteiger partial charge in [0.1, 0.15) is 0 Å². The lowest BCUT2D eigenvalue weighted by Gasteiger charge is -2.12. The summed E-state index contributed by atoms with van der Waals surface area (Å²) in [5.74, 6) is 0. The summed E-state index contributed by atoms with van der Waals surface area (Å²) in [7, 11) is 0. The molecule has 1 aromatic rings.